The summed E-state index contributed by atoms with van der Waals surface area (Å²) in [4.78, 5) is 2.42. The number of benzene rings is 1. The van der Waals surface area contributed by atoms with E-state index in [0.717, 1.165) is 25.2 Å². The maximum Gasteiger partial charge on any atom is 0.387 e. The Morgan fingerprint density at radius 3 is 2.37 bits per heavy atom. The first-order valence-corrected chi connectivity index (χ1v) is 6.63. The van der Waals surface area contributed by atoms with Crippen LogP contribution in [0.3, 0.4) is 0 Å². The number of ether oxygens (including phenoxy) is 1. The predicted octanol–water partition coefficient (Wildman–Crippen LogP) is 2.64. The van der Waals surface area contributed by atoms with Crippen LogP contribution >= 0.6 is 0 Å². The van der Waals surface area contributed by atoms with Gasteiger partial charge in [-0.15, -0.1) is 0 Å². The van der Waals surface area contributed by atoms with Crippen LogP contribution < -0.4 is 10.1 Å². The molecule has 1 aliphatic rings. The van der Waals surface area contributed by atoms with Crippen molar-refractivity contribution in [3.05, 3.63) is 29.8 Å². The normalized spacial score (nSPS) is 17.6. The first-order valence-electron chi connectivity index (χ1n) is 6.63. The van der Waals surface area contributed by atoms with E-state index in [9.17, 15) is 8.78 Å². The van der Waals surface area contributed by atoms with Crippen molar-refractivity contribution in [2.75, 3.05) is 19.6 Å². The Hall–Kier alpha value is -1.20. The molecule has 106 valence electrons. The van der Waals surface area contributed by atoms with E-state index < -0.39 is 6.61 Å². The number of hydrogen-bond donors (Lipinski definition) is 1. The molecule has 0 aliphatic carbocycles. The van der Waals surface area contributed by atoms with Crippen molar-refractivity contribution in [2.24, 2.45) is 0 Å². The molecule has 2 rings (SSSR count). The summed E-state index contributed by atoms with van der Waals surface area (Å²) >= 11 is 0. The van der Waals surface area contributed by atoms with Crippen molar-refractivity contribution in [3.63, 3.8) is 0 Å². The molecule has 0 saturated carbocycles. The topological polar surface area (TPSA) is 24.5 Å². The summed E-state index contributed by atoms with van der Waals surface area (Å²) in [7, 11) is 0. The molecule has 1 saturated heterocycles. The third-order valence-corrected chi connectivity index (χ3v) is 3.68. The largest absolute Gasteiger partial charge is 0.435 e. The molecular weight excluding hydrogens is 250 g/mol. The molecule has 1 aliphatic heterocycles. The van der Waals surface area contributed by atoms with Crippen molar-refractivity contribution in [3.8, 4) is 5.75 Å². The summed E-state index contributed by atoms with van der Waals surface area (Å²) in [5.74, 6) is 0.208. The van der Waals surface area contributed by atoms with Crippen LogP contribution in [0.5, 0.6) is 5.75 Å². The standard InChI is InChI=1S/C14H20F2N2O/c1-3-18(12-8-17-9-12)10(2)11-4-6-13(7-5-11)19-14(15)16/h4-7,10,12,14,17H,3,8-9H2,1-2H3. The van der Waals surface area contributed by atoms with E-state index in [0.29, 0.717) is 6.04 Å². The fourth-order valence-corrected chi connectivity index (χ4v) is 2.48. The van der Waals surface area contributed by atoms with Crippen LogP contribution in [0.15, 0.2) is 24.3 Å². The molecule has 1 aromatic carbocycles. The number of alkyl halides is 2. The van der Waals surface area contributed by atoms with Gasteiger partial charge in [0.05, 0.1) is 0 Å². The summed E-state index contributed by atoms with van der Waals surface area (Å²) in [5, 5.41) is 3.27. The highest BCUT2D eigenvalue weighted by Crippen LogP contribution is 2.25. The SMILES string of the molecule is CCN(C1CNC1)C(C)c1ccc(OC(F)F)cc1. The number of halogens is 2. The van der Waals surface area contributed by atoms with Crippen molar-refractivity contribution in [2.45, 2.75) is 32.5 Å². The Balaban J connectivity index is 2.03. The highest BCUT2D eigenvalue weighted by Gasteiger charge is 2.27. The molecule has 1 fully saturated rings. The summed E-state index contributed by atoms with van der Waals surface area (Å²) < 4.78 is 28.5. The molecule has 1 unspecified atom stereocenters. The van der Waals surface area contributed by atoms with Gasteiger partial charge in [-0.05, 0) is 31.2 Å². The third kappa shape index (κ3) is 3.42. The van der Waals surface area contributed by atoms with E-state index in [4.69, 9.17) is 0 Å². The molecule has 0 amide bonds. The Morgan fingerprint density at radius 1 is 1.32 bits per heavy atom. The molecule has 1 N–H and O–H groups in total. The van der Waals surface area contributed by atoms with Crippen LogP contribution in [0, 0.1) is 0 Å². The third-order valence-electron chi connectivity index (χ3n) is 3.68. The summed E-state index contributed by atoms with van der Waals surface area (Å²) in [6.07, 6.45) is 0. The van der Waals surface area contributed by atoms with E-state index in [2.05, 4.69) is 28.8 Å². The Kier molecular flexibility index (Phi) is 4.71. The first-order chi connectivity index (χ1) is 9.11. The minimum Gasteiger partial charge on any atom is -0.435 e. The van der Waals surface area contributed by atoms with E-state index >= 15 is 0 Å². The lowest BCUT2D eigenvalue weighted by Crippen LogP contribution is -2.57. The number of rotatable bonds is 6. The monoisotopic (exact) mass is 270 g/mol. The summed E-state index contributed by atoms with van der Waals surface area (Å²) in [6, 6.07) is 7.76. The van der Waals surface area contributed by atoms with Gasteiger partial charge in [0.15, 0.2) is 0 Å². The van der Waals surface area contributed by atoms with Crippen LogP contribution in [-0.2, 0) is 0 Å². The van der Waals surface area contributed by atoms with Crippen LogP contribution in [0.2, 0.25) is 0 Å². The molecule has 3 nitrogen and oxygen atoms in total. The van der Waals surface area contributed by atoms with Gasteiger partial charge in [-0.25, -0.2) is 0 Å². The number of nitrogens with one attached hydrogen (secondary N) is 1. The van der Waals surface area contributed by atoms with Gasteiger partial charge in [0, 0.05) is 25.2 Å². The number of nitrogens with zero attached hydrogens (tertiary/aromatic N) is 1. The molecular formula is C14H20F2N2O. The van der Waals surface area contributed by atoms with E-state index in [1.165, 1.54) is 0 Å². The molecule has 1 aromatic rings. The summed E-state index contributed by atoms with van der Waals surface area (Å²) in [5.41, 5.74) is 1.12. The molecule has 0 bridgehead atoms. The molecule has 0 spiro atoms. The zero-order valence-electron chi connectivity index (χ0n) is 11.3. The smallest absolute Gasteiger partial charge is 0.387 e. The van der Waals surface area contributed by atoms with Gasteiger partial charge in [-0.2, -0.15) is 8.78 Å². The van der Waals surface area contributed by atoms with Gasteiger partial charge in [0.25, 0.3) is 0 Å². The fraction of sp³-hybridized carbons (Fsp3) is 0.571. The average molecular weight is 270 g/mol. The zero-order chi connectivity index (χ0) is 13.8. The summed E-state index contributed by atoms with van der Waals surface area (Å²) in [6.45, 7) is 4.53. The lowest BCUT2D eigenvalue weighted by atomic mass is 10.0. The minimum absolute atomic E-state index is 0.208. The molecule has 0 aromatic heterocycles. The number of hydrogen-bond acceptors (Lipinski definition) is 3. The molecule has 19 heavy (non-hydrogen) atoms. The maximum atomic E-state index is 12.1. The predicted molar refractivity (Wildman–Crippen MR) is 70.5 cm³/mol. The Bertz CT molecular complexity index is 393. The quantitative estimate of drug-likeness (QED) is 0.860. The van der Waals surface area contributed by atoms with Crippen molar-refractivity contribution in [1.82, 2.24) is 10.2 Å². The van der Waals surface area contributed by atoms with Gasteiger partial charge < -0.3 is 10.1 Å². The van der Waals surface area contributed by atoms with Gasteiger partial charge in [-0.1, -0.05) is 19.1 Å². The van der Waals surface area contributed by atoms with Crippen molar-refractivity contribution in [1.29, 1.82) is 0 Å². The van der Waals surface area contributed by atoms with Crippen LogP contribution in [0.25, 0.3) is 0 Å². The second-order valence-electron chi connectivity index (χ2n) is 4.77. The molecule has 5 heteroatoms. The first kappa shape index (κ1) is 14.2. The van der Waals surface area contributed by atoms with E-state index in [-0.39, 0.29) is 11.8 Å². The number of likely N-dealkylation sites (N-methyl/N-ethyl adjacent to an activating group) is 1. The Morgan fingerprint density at radius 2 is 1.95 bits per heavy atom. The van der Waals surface area contributed by atoms with Crippen LogP contribution in [-0.4, -0.2) is 37.2 Å². The van der Waals surface area contributed by atoms with Crippen LogP contribution in [0.4, 0.5) is 8.78 Å². The van der Waals surface area contributed by atoms with Crippen molar-refractivity contribution < 1.29 is 13.5 Å². The molecule has 1 heterocycles. The fourth-order valence-electron chi connectivity index (χ4n) is 2.48. The Labute approximate surface area is 112 Å². The van der Waals surface area contributed by atoms with Crippen LogP contribution in [0.1, 0.15) is 25.5 Å². The lowest BCUT2D eigenvalue weighted by Gasteiger charge is -2.41. The van der Waals surface area contributed by atoms with Crippen molar-refractivity contribution >= 4 is 0 Å². The van der Waals surface area contributed by atoms with Gasteiger partial charge in [0.1, 0.15) is 5.75 Å². The second-order valence-corrected chi connectivity index (χ2v) is 4.77. The van der Waals surface area contributed by atoms with Gasteiger partial charge in [0.2, 0.25) is 0 Å². The van der Waals surface area contributed by atoms with E-state index in [1.54, 1.807) is 12.1 Å². The molecule has 0 radical (unpaired) electrons. The van der Waals surface area contributed by atoms with Gasteiger partial charge in [-0.3, -0.25) is 4.90 Å². The average Bonchev–Trinajstić information content (AvgIpc) is 2.33. The zero-order valence-corrected chi connectivity index (χ0v) is 11.3. The van der Waals surface area contributed by atoms with E-state index in [1.807, 2.05) is 12.1 Å². The van der Waals surface area contributed by atoms with Gasteiger partial charge >= 0.3 is 6.61 Å². The highest BCUT2D eigenvalue weighted by atomic mass is 19.3. The lowest BCUT2D eigenvalue weighted by molar-refractivity contribution is -0.0498. The second kappa shape index (κ2) is 6.30. The maximum absolute atomic E-state index is 12.1. The minimum atomic E-state index is -2.77. The highest BCUT2D eigenvalue weighted by molar-refractivity contribution is 5.29. The molecule has 1 atom stereocenters.